The molecule has 0 aliphatic carbocycles. The van der Waals surface area contributed by atoms with E-state index in [4.69, 9.17) is 0 Å². The largest absolute Gasteiger partial charge is 0.480 e. The first-order valence-electron chi connectivity index (χ1n) is 8.64. The molecule has 0 spiro atoms. The second kappa shape index (κ2) is 6.63. The highest BCUT2D eigenvalue weighted by Crippen LogP contribution is 2.48. The van der Waals surface area contributed by atoms with E-state index in [1.54, 1.807) is 0 Å². The van der Waals surface area contributed by atoms with E-state index in [2.05, 4.69) is 10.6 Å². The zero-order valence-electron chi connectivity index (χ0n) is 14.5. The number of nitrogens with one attached hydrogen (secondary N) is 2. The van der Waals surface area contributed by atoms with Gasteiger partial charge in [-0.2, -0.15) is 13.2 Å². The first-order chi connectivity index (χ1) is 12.6. The van der Waals surface area contributed by atoms with Crippen molar-refractivity contribution < 1.29 is 32.7 Å². The molecule has 2 saturated heterocycles. The molecular weight excluding hydrogens is 365 g/mol. The second-order valence-electron chi connectivity index (χ2n) is 6.98. The quantitative estimate of drug-likeness (QED) is 0.677. The molecule has 1 aromatic rings. The lowest BCUT2D eigenvalue weighted by atomic mass is 9.76. The van der Waals surface area contributed by atoms with Crippen molar-refractivity contribution in [2.24, 2.45) is 11.8 Å². The molecule has 146 valence electrons. The molecule has 4 unspecified atom stereocenters. The lowest BCUT2D eigenvalue weighted by Crippen LogP contribution is -2.55. The highest BCUT2D eigenvalue weighted by atomic mass is 19.4. The fourth-order valence-corrected chi connectivity index (χ4v) is 4.08. The Morgan fingerprint density at radius 3 is 2.33 bits per heavy atom. The normalized spacial score (nSPS) is 30.3. The van der Waals surface area contributed by atoms with Gasteiger partial charge < -0.3 is 5.11 Å². The number of imide groups is 1. The Balaban J connectivity index is 2.02. The summed E-state index contributed by atoms with van der Waals surface area (Å²) in [6, 6.07) is 3.33. The van der Waals surface area contributed by atoms with Gasteiger partial charge in [0.15, 0.2) is 0 Å². The summed E-state index contributed by atoms with van der Waals surface area (Å²) in [4.78, 5) is 36.7. The third-order valence-corrected chi connectivity index (χ3v) is 5.40. The topological polar surface area (TPSA) is 95.5 Å². The Kier molecular flexibility index (Phi) is 4.75. The number of aliphatic carboxylic acids is 1. The number of carbonyl (C=O) groups is 3. The first-order valence-corrected chi connectivity index (χ1v) is 8.64. The van der Waals surface area contributed by atoms with Crippen LogP contribution in [0.25, 0.3) is 0 Å². The maximum atomic E-state index is 12.8. The number of halogens is 3. The van der Waals surface area contributed by atoms with Crippen molar-refractivity contribution in [3.05, 3.63) is 35.4 Å². The Morgan fingerprint density at radius 2 is 1.81 bits per heavy atom. The Morgan fingerprint density at radius 1 is 1.19 bits per heavy atom. The minimum Gasteiger partial charge on any atom is -0.480 e. The highest BCUT2D eigenvalue weighted by molar-refractivity contribution is 6.09. The van der Waals surface area contributed by atoms with E-state index in [1.165, 1.54) is 12.1 Å². The maximum Gasteiger partial charge on any atom is 0.416 e. The van der Waals surface area contributed by atoms with E-state index in [1.807, 2.05) is 6.92 Å². The van der Waals surface area contributed by atoms with Gasteiger partial charge in [-0.25, -0.2) is 0 Å². The van der Waals surface area contributed by atoms with Gasteiger partial charge >= 0.3 is 12.1 Å². The third kappa shape index (κ3) is 3.09. The van der Waals surface area contributed by atoms with E-state index in [0.717, 1.165) is 12.1 Å². The van der Waals surface area contributed by atoms with Crippen molar-refractivity contribution in [2.75, 3.05) is 0 Å². The smallest absolute Gasteiger partial charge is 0.416 e. The SMILES string of the molecule is CCCCC1(C(=O)O)NC(c2ccc(C(F)(F)F)cc2)C2C(=O)NC(=O)C21. The molecule has 4 atom stereocenters. The van der Waals surface area contributed by atoms with Crippen LogP contribution in [0.2, 0.25) is 0 Å². The van der Waals surface area contributed by atoms with Crippen LogP contribution < -0.4 is 10.6 Å². The van der Waals surface area contributed by atoms with Crippen LogP contribution in [0.5, 0.6) is 0 Å². The number of benzene rings is 1. The maximum absolute atomic E-state index is 12.8. The predicted octanol–water partition coefficient (Wildman–Crippen LogP) is 2.25. The van der Waals surface area contributed by atoms with Crippen LogP contribution >= 0.6 is 0 Å². The summed E-state index contributed by atoms with van der Waals surface area (Å²) in [6.07, 6.45) is -3.16. The number of carboxylic acids is 1. The number of fused-ring (bicyclic) bond motifs is 1. The monoisotopic (exact) mass is 384 g/mol. The molecule has 2 aliphatic heterocycles. The van der Waals surface area contributed by atoms with Gasteiger partial charge in [-0.05, 0) is 24.1 Å². The van der Waals surface area contributed by atoms with Gasteiger partial charge in [-0.3, -0.25) is 25.0 Å². The number of carbonyl (C=O) groups excluding carboxylic acids is 2. The molecular formula is C18H19F3N2O4. The number of amides is 2. The summed E-state index contributed by atoms with van der Waals surface area (Å²) in [6.45, 7) is 1.87. The lowest BCUT2D eigenvalue weighted by molar-refractivity contribution is -0.149. The van der Waals surface area contributed by atoms with Crippen LogP contribution in [0, 0.1) is 11.8 Å². The van der Waals surface area contributed by atoms with Gasteiger partial charge in [-0.15, -0.1) is 0 Å². The first kappa shape index (κ1) is 19.3. The average molecular weight is 384 g/mol. The molecule has 0 radical (unpaired) electrons. The standard InChI is InChI=1S/C18H19F3N2O4/c1-2-3-8-17(16(26)27)12-11(14(24)22-15(12)25)13(23-17)9-4-6-10(7-5-9)18(19,20)21/h4-7,11-13,23H,2-3,8H2,1H3,(H,26,27)(H,22,24,25). The lowest BCUT2D eigenvalue weighted by Gasteiger charge is -2.29. The molecule has 0 aromatic heterocycles. The third-order valence-electron chi connectivity index (χ3n) is 5.40. The molecule has 6 nitrogen and oxygen atoms in total. The summed E-state index contributed by atoms with van der Waals surface area (Å²) in [7, 11) is 0. The van der Waals surface area contributed by atoms with Crippen molar-refractivity contribution in [3.63, 3.8) is 0 Å². The minimum atomic E-state index is -4.50. The molecule has 2 aliphatic rings. The van der Waals surface area contributed by atoms with Crippen LogP contribution in [0.4, 0.5) is 13.2 Å². The summed E-state index contributed by atoms with van der Waals surface area (Å²) >= 11 is 0. The molecule has 9 heteroatoms. The molecule has 3 N–H and O–H groups in total. The van der Waals surface area contributed by atoms with Crippen molar-refractivity contribution in [1.29, 1.82) is 0 Å². The molecule has 0 saturated carbocycles. The molecule has 3 rings (SSSR count). The number of carboxylic acid groups (broad SMARTS) is 1. The number of hydrogen-bond acceptors (Lipinski definition) is 4. The number of unbranched alkanes of at least 4 members (excludes halogenated alkanes) is 1. The fourth-order valence-electron chi connectivity index (χ4n) is 4.08. The van der Waals surface area contributed by atoms with Crippen LogP contribution in [0.15, 0.2) is 24.3 Å². The molecule has 0 bridgehead atoms. The van der Waals surface area contributed by atoms with E-state index < -0.39 is 52.9 Å². The van der Waals surface area contributed by atoms with E-state index >= 15 is 0 Å². The van der Waals surface area contributed by atoms with Crippen molar-refractivity contribution >= 4 is 17.8 Å². The second-order valence-corrected chi connectivity index (χ2v) is 6.98. The predicted molar refractivity (Wildman–Crippen MR) is 87.3 cm³/mol. The summed E-state index contributed by atoms with van der Waals surface area (Å²) in [5.74, 6) is -4.61. The minimum absolute atomic E-state index is 0.137. The van der Waals surface area contributed by atoms with Crippen LogP contribution in [-0.4, -0.2) is 28.4 Å². The van der Waals surface area contributed by atoms with Crippen LogP contribution in [0.1, 0.15) is 43.4 Å². The molecule has 1 aromatic carbocycles. The Bertz CT molecular complexity index is 778. The van der Waals surface area contributed by atoms with E-state index in [0.29, 0.717) is 18.4 Å². The summed E-state index contributed by atoms with van der Waals surface area (Å²) in [5, 5.41) is 14.9. The summed E-state index contributed by atoms with van der Waals surface area (Å²) < 4.78 is 38.4. The van der Waals surface area contributed by atoms with Crippen LogP contribution in [-0.2, 0) is 20.6 Å². The Labute approximate surface area is 153 Å². The van der Waals surface area contributed by atoms with Gasteiger partial charge in [0.2, 0.25) is 11.8 Å². The number of alkyl halides is 3. The molecule has 2 fully saturated rings. The number of hydrogen-bond donors (Lipinski definition) is 3. The van der Waals surface area contributed by atoms with Gasteiger partial charge in [0.25, 0.3) is 0 Å². The van der Waals surface area contributed by atoms with Gasteiger partial charge in [0.1, 0.15) is 5.54 Å². The van der Waals surface area contributed by atoms with Gasteiger partial charge in [0, 0.05) is 6.04 Å². The van der Waals surface area contributed by atoms with Gasteiger partial charge in [0.05, 0.1) is 17.4 Å². The van der Waals surface area contributed by atoms with E-state index in [9.17, 15) is 32.7 Å². The molecule has 2 amide bonds. The molecule has 2 heterocycles. The zero-order chi connectivity index (χ0) is 20.0. The van der Waals surface area contributed by atoms with Crippen molar-refractivity contribution in [2.45, 2.75) is 43.9 Å². The average Bonchev–Trinajstić information content (AvgIpc) is 3.10. The Hall–Kier alpha value is -2.42. The van der Waals surface area contributed by atoms with E-state index in [-0.39, 0.29) is 6.42 Å². The summed E-state index contributed by atoms with van der Waals surface area (Å²) in [5.41, 5.74) is -2.14. The molecule has 27 heavy (non-hydrogen) atoms. The van der Waals surface area contributed by atoms with Crippen LogP contribution in [0.3, 0.4) is 0 Å². The van der Waals surface area contributed by atoms with Crippen molar-refractivity contribution in [3.8, 4) is 0 Å². The number of rotatable bonds is 5. The fraction of sp³-hybridized carbons (Fsp3) is 0.500. The zero-order valence-corrected chi connectivity index (χ0v) is 14.5. The highest BCUT2D eigenvalue weighted by Gasteiger charge is 2.65. The van der Waals surface area contributed by atoms with Gasteiger partial charge in [-0.1, -0.05) is 31.9 Å². The van der Waals surface area contributed by atoms with Crippen molar-refractivity contribution in [1.82, 2.24) is 10.6 Å².